The molecule has 1 rings (SSSR count). The van der Waals surface area contributed by atoms with Crippen LogP contribution >= 0.6 is 11.5 Å². The third-order valence-corrected chi connectivity index (χ3v) is 1.89. The van der Waals surface area contributed by atoms with Crippen molar-refractivity contribution in [2.45, 2.75) is 6.92 Å². The van der Waals surface area contributed by atoms with Gasteiger partial charge in [0.15, 0.2) is 5.69 Å². The summed E-state index contributed by atoms with van der Waals surface area (Å²) in [5, 5.41) is 16.2. The van der Waals surface area contributed by atoms with E-state index in [1.807, 2.05) is 6.07 Å². The first kappa shape index (κ1) is 9.61. The molecule has 0 fully saturated rings. The van der Waals surface area contributed by atoms with E-state index in [1.165, 1.54) is 0 Å². The van der Waals surface area contributed by atoms with Gasteiger partial charge in [0.25, 0.3) is 5.91 Å². The normalized spacial score (nSPS) is 11.7. The molecule has 0 saturated heterocycles. The van der Waals surface area contributed by atoms with E-state index >= 15 is 0 Å². The Morgan fingerprint density at radius 3 is 3.23 bits per heavy atom. The van der Waals surface area contributed by atoms with Crippen molar-refractivity contribution in [2.24, 2.45) is 5.92 Å². The van der Waals surface area contributed by atoms with Crippen LogP contribution in [0.15, 0.2) is 5.38 Å². The molecule has 0 saturated carbocycles. The minimum absolute atomic E-state index is 0.185. The quantitative estimate of drug-likeness (QED) is 0.760. The van der Waals surface area contributed by atoms with Crippen molar-refractivity contribution in [1.82, 2.24) is 14.9 Å². The van der Waals surface area contributed by atoms with Crippen molar-refractivity contribution in [1.29, 1.82) is 5.26 Å². The number of hydrogen-bond acceptors (Lipinski definition) is 5. The summed E-state index contributed by atoms with van der Waals surface area (Å²) in [6.07, 6.45) is 0. The van der Waals surface area contributed by atoms with E-state index in [2.05, 4.69) is 14.9 Å². The molecular weight excluding hydrogens is 188 g/mol. The minimum atomic E-state index is -0.282. The first-order valence-corrected chi connectivity index (χ1v) is 4.52. The second kappa shape index (κ2) is 4.52. The molecule has 1 atom stereocenters. The Labute approximate surface area is 79.5 Å². The van der Waals surface area contributed by atoms with E-state index in [4.69, 9.17) is 5.26 Å². The molecule has 13 heavy (non-hydrogen) atoms. The van der Waals surface area contributed by atoms with Gasteiger partial charge in [0.2, 0.25) is 0 Å². The molecule has 1 aromatic rings. The predicted octanol–water partition coefficient (Wildman–Crippen LogP) is 0.428. The van der Waals surface area contributed by atoms with Crippen molar-refractivity contribution >= 4 is 17.4 Å². The van der Waals surface area contributed by atoms with Gasteiger partial charge in [-0.2, -0.15) is 5.26 Å². The van der Waals surface area contributed by atoms with Gasteiger partial charge in [0, 0.05) is 11.9 Å². The molecule has 0 aliphatic heterocycles. The maximum absolute atomic E-state index is 11.2. The number of rotatable bonds is 3. The number of amides is 1. The molecule has 1 amide bonds. The molecule has 0 aliphatic rings. The lowest BCUT2D eigenvalue weighted by Crippen LogP contribution is -2.28. The Hall–Kier alpha value is -1.48. The first-order valence-electron chi connectivity index (χ1n) is 3.69. The van der Waals surface area contributed by atoms with Gasteiger partial charge in [-0.05, 0) is 18.5 Å². The zero-order valence-electron chi connectivity index (χ0n) is 7.02. The highest BCUT2D eigenvalue weighted by molar-refractivity contribution is 7.03. The van der Waals surface area contributed by atoms with E-state index in [-0.39, 0.29) is 11.8 Å². The average Bonchev–Trinajstić information content (AvgIpc) is 2.66. The topological polar surface area (TPSA) is 78.7 Å². The Balaban J connectivity index is 2.40. The van der Waals surface area contributed by atoms with Gasteiger partial charge < -0.3 is 5.32 Å². The maximum Gasteiger partial charge on any atom is 0.272 e. The third-order valence-electron chi connectivity index (χ3n) is 1.38. The lowest BCUT2D eigenvalue weighted by molar-refractivity contribution is 0.0946. The molecule has 0 bridgehead atoms. The monoisotopic (exact) mass is 196 g/mol. The standard InChI is InChI=1S/C7H8N4OS/c1-5(2-8)3-9-7(12)6-4-13-11-10-6/h4-5H,3H2,1H3,(H,9,12). The van der Waals surface area contributed by atoms with Crippen LogP contribution in [0.1, 0.15) is 17.4 Å². The fourth-order valence-corrected chi connectivity index (χ4v) is 1.08. The summed E-state index contributed by atoms with van der Waals surface area (Å²) >= 11 is 1.12. The molecule has 0 spiro atoms. The van der Waals surface area contributed by atoms with Gasteiger partial charge in [-0.3, -0.25) is 4.79 Å². The number of carbonyl (C=O) groups excluding carboxylic acids is 1. The molecule has 68 valence electrons. The van der Waals surface area contributed by atoms with E-state index < -0.39 is 0 Å². The van der Waals surface area contributed by atoms with Gasteiger partial charge in [-0.15, -0.1) is 5.10 Å². The number of aromatic nitrogens is 2. The van der Waals surface area contributed by atoms with Crippen LogP contribution in [-0.4, -0.2) is 22.0 Å². The molecule has 0 aromatic carbocycles. The van der Waals surface area contributed by atoms with Crippen LogP contribution in [0.25, 0.3) is 0 Å². The Kier molecular flexibility index (Phi) is 3.34. The number of nitriles is 1. The van der Waals surface area contributed by atoms with Crippen molar-refractivity contribution < 1.29 is 4.79 Å². The Morgan fingerprint density at radius 2 is 2.69 bits per heavy atom. The SMILES string of the molecule is CC(C#N)CNC(=O)c1csnn1. The summed E-state index contributed by atoms with van der Waals surface area (Å²) in [6, 6.07) is 2.02. The molecular formula is C7H8N4OS. The number of carbonyl (C=O) groups is 1. The van der Waals surface area contributed by atoms with Crippen LogP contribution in [0, 0.1) is 17.2 Å². The highest BCUT2D eigenvalue weighted by Crippen LogP contribution is 1.97. The maximum atomic E-state index is 11.2. The van der Waals surface area contributed by atoms with Gasteiger partial charge in [-0.1, -0.05) is 4.49 Å². The second-order valence-corrected chi connectivity index (χ2v) is 3.14. The van der Waals surface area contributed by atoms with Crippen LogP contribution in [0.4, 0.5) is 0 Å². The van der Waals surface area contributed by atoms with Gasteiger partial charge in [-0.25, -0.2) is 0 Å². The van der Waals surface area contributed by atoms with E-state index in [9.17, 15) is 4.79 Å². The van der Waals surface area contributed by atoms with Gasteiger partial charge >= 0.3 is 0 Å². The minimum Gasteiger partial charge on any atom is -0.349 e. The molecule has 1 N–H and O–H groups in total. The van der Waals surface area contributed by atoms with Crippen LogP contribution < -0.4 is 5.32 Å². The molecule has 1 heterocycles. The van der Waals surface area contributed by atoms with E-state index in [0.29, 0.717) is 12.2 Å². The summed E-state index contributed by atoms with van der Waals surface area (Å²) in [5.41, 5.74) is 0.301. The Bertz CT molecular complexity index is 316. The van der Waals surface area contributed by atoms with Crippen molar-refractivity contribution in [2.75, 3.05) is 6.54 Å². The van der Waals surface area contributed by atoms with Crippen LogP contribution in [0.5, 0.6) is 0 Å². The Morgan fingerprint density at radius 1 is 1.92 bits per heavy atom. The number of nitrogens with zero attached hydrogens (tertiary/aromatic N) is 3. The fourth-order valence-electron chi connectivity index (χ4n) is 0.646. The van der Waals surface area contributed by atoms with E-state index in [0.717, 1.165) is 11.5 Å². The summed E-state index contributed by atoms with van der Waals surface area (Å²) in [6.45, 7) is 2.08. The van der Waals surface area contributed by atoms with Crippen LogP contribution in [0.3, 0.4) is 0 Å². The summed E-state index contributed by atoms with van der Waals surface area (Å²) in [4.78, 5) is 11.2. The summed E-state index contributed by atoms with van der Waals surface area (Å²) < 4.78 is 3.56. The zero-order valence-corrected chi connectivity index (χ0v) is 7.84. The number of hydrogen-bond donors (Lipinski definition) is 1. The van der Waals surface area contributed by atoms with Crippen molar-refractivity contribution in [3.05, 3.63) is 11.1 Å². The fraction of sp³-hybridized carbons (Fsp3) is 0.429. The number of nitrogens with one attached hydrogen (secondary N) is 1. The zero-order chi connectivity index (χ0) is 9.68. The highest BCUT2D eigenvalue weighted by Gasteiger charge is 2.09. The smallest absolute Gasteiger partial charge is 0.272 e. The first-order chi connectivity index (χ1) is 6.24. The summed E-state index contributed by atoms with van der Waals surface area (Å²) in [7, 11) is 0. The predicted molar refractivity (Wildman–Crippen MR) is 47.0 cm³/mol. The van der Waals surface area contributed by atoms with Gasteiger partial charge in [0.05, 0.1) is 12.0 Å². The van der Waals surface area contributed by atoms with Crippen molar-refractivity contribution in [3.63, 3.8) is 0 Å². The third kappa shape index (κ3) is 2.80. The van der Waals surface area contributed by atoms with Crippen molar-refractivity contribution in [3.8, 4) is 6.07 Å². The molecule has 6 heteroatoms. The molecule has 1 unspecified atom stereocenters. The summed E-state index contributed by atoms with van der Waals surface area (Å²) in [5.74, 6) is -0.466. The lowest BCUT2D eigenvalue weighted by Gasteiger charge is -2.02. The van der Waals surface area contributed by atoms with E-state index in [1.54, 1.807) is 12.3 Å². The second-order valence-electron chi connectivity index (χ2n) is 2.53. The molecule has 0 radical (unpaired) electrons. The largest absolute Gasteiger partial charge is 0.349 e. The van der Waals surface area contributed by atoms with Crippen LogP contribution in [0.2, 0.25) is 0 Å². The lowest BCUT2D eigenvalue weighted by atomic mass is 10.2. The van der Waals surface area contributed by atoms with Crippen LogP contribution in [-0.2, 0) is 0 Å². The molecule has 0 aliphatic carbocycles. The molecule has 1 aromatic heterocycles. The average molecular weight is 196 g/mol. The highest BCUT2D eigenvalue weighted by atomic mass is 32.1. The van der Waals surface area contributed by atoms with Gasteiger partial charge in [0.1, 0.15) is 0 Å². The molecule has 5 nitrogen and oxygen atoms in total.